The standard InChI is InChI=1S/C32H60NO.ClH/c1-5-6-7-8-9-10-11-12-13-14-15-16-17-18-19-20-21-22-23-24-28-33(2,3)30-31-26-25-27-32(29-31)34-4;/h25-27,29H,5-24,28,30H2,1-4H3;1H/q+1;/p-1. The van der Waals surface area contributed by atoms with Gasteiger partial charge in [-0.05, 0) is 25.0 Å². The molecule has 0 spiro atoms. The fourth-order valence-corrected chi connectivity index (χ4v) is 5.14. The van der Waals surface area contributed by atoms with Crippen molar-refractivity contribution in [1.82, 2.24) is 0 Å². The van der Waals surface area contributed by atoms with E-state index in [2.05, 4.69) is 39.2 Å². The van der Waals surface area contributed by atoms with E-state index in [-0.39, 0.29) is 12.4 Å². The summed E-state index contributed by atoms with van der Waals surface area (Å²) in [7, 11) is 6.46. The summed E-state index contributed by atoms with van der Waals surface area (Å²) in [5.74, 6) is 0.969. The number of methoxy groups -OCH3 is 1. The molecule has 0 amide bonds. The molecule has 0 aliphatic heterocycles. The number of rotatable bonds is 24. The van der Waals surface area contributed by atoms with Crippen LogP contribution in [0, 0.1) is 0 Å². The molecular weight excluding hydrogens is 450 g/mol. The minimum absolute atomic E-state index is 0. The number of hydrogen-bond acceptors (Lipinski definition) is 1. The minimum Gasteiger partial charge on any atom is -1.00 e. The highest BCUT2D eigenvalue weighted by Crippen LogP contribution is 2.18. The molecule has 0 N–H and O–H groups in total. The molecule has 0 heterocycles. The lowest BCUT2D eigenvalue weighted by molar-refractivity contribution is -0.903. The largest absolute Gasteiger partial charge is 1.00 e. The van der Waals surface area contributed by atoms with Gasteiger partial charge < -0.3 is 21.6 Å². The third-order valence-corrected chi connectivity index (χ3v) is 7.36. The molecule has 0 unspecified atom stereocenters. The summed E-state index contributed by atoms with van der Waals surface area (Å²) in [6, 6.07) is 8.53. The smallest absolute Gasteiger partial charge is 0.119 e. The molecule has 0 radical (unpaired) electrons. The van der Waals surface area contributed by atoms with Gasteiger partial charge in [0, 0.05) is 5.56 Å². The molecule has 1 aromatic carbocycles. The van der Waals surface area contributed by atoms with Gasteiger partial charge in [-0.1, -0.05) is 135 Å². The Kier molecular flexibility index (Phi) is 23.2. The van der Waals surface area contributed by atoms with Crippen molar-refractivity contribution in [3.05, 3.63) is 29.8 Å². The van der Waals surface area contributed by atoms with E-state index >= 15 is 0 Å². The Balaban J connectivity index is 0.0000116. The van der Waals surface area contributed by atoms with E-state index in [1.807, 2.05) is 6.07 Å². The molecule has 0 aliphatic rings. The molecule has 1 aromatic rings. The van der Waals surface area contributed by atoms with Gasteiger partial charge in [-0.2, -0.15) is 0 Å². The first-order valence-corrected chi connectivity index (χ1v) is 15.0. The van der Waals surface area contributed by atoms with Crippen molar-refractivity contribution in [2.75, 3.05) is 27.7 Å². The first kappa shape index (κ1) is 34.3. The first-order chi connectivity index (χ1) is 16.6. The van der Waals surface area contributed by atoms with Gasteiger partial charge >= 0.3 is 0 Å². The molecule has 0 aliphatic carbocycles. The summed E-state index contributed by atoms with van der Waals surface area (Å²) < 4.78 is 6.43. The number of hydrogen-bond donors (Lipinski definition) is 0. The molecule has 0 saturated carbocycles. The van der Waals surface area contributed by atoms with Crippen molar-refractivity contribution >= 4 is 0 Å². The van der Waals surface area contributed by atoms with E-state index in [4.69, 9.17) is 4.74 Å². The van der Waals surface area contributed by atoms with Crippen molar-refractivity contribution in [3.63, 3.8) is 0 Å². The Hall–Kier alpha value is -0.730. The van der Waals surface area contributed by atoms with Crippen LogP contribution in [0.15, 0.2) is 24.3 Å². The SMILES string of the molecule is CCCCCCCCCCCCCCCCCCCCCC[N+](C)(C)Cc1cccc(OC)c1.[Cl-]. The van der Waals surface area contributed by atoms with Gasteiger partial charge in [0.25, 0.3) is 0 Å². The number of ether oxygens (including phenoxy) is 1. The zero-order chi connectivity index (χ0) is 24.7. The number of unbranched alkanes of at least 4 members (excludes halogenated alkanes) is 19. The molecule has 206 valence electrons. The van der Waals surface area contributed by atoms with Crippen LogP contribution in [0.3, 0.4) is 0 Å². The van der Waals surface area contributed by atoms with Gasteiger partial charge in [0.05, 0.1) is 27.7 Å². The van der Waals surface area contributed by atoms with Gasteiger partial charge in [-0.3, -0.25) is 0 Å². The summed E-state index contributed by atoms with van der Waals surface area (Å²) in [5.41, 5.74) is 1.37. The van der Waals surface area contributed by atoms with Crippen LogP contribution >= 0.6 is 0 Å². The van der Waals surface area contributed by atoms with Crippen molar-refractivity contribution in [1.29, 1.82) is 0 Å². The molecule has 0 fully saturated rings. The second-order valence-corrected chi connectivity index (χ2v) is 11.4. The molecule has 2 nitrogen and oxygen atoms in total. The topological polar surface area (TPSA) is 9.23 Å². The maximum Gasteiger partial charge on any atom is 0.119 e. The summed E-state index contributed by atoms with van der Waals surface area (Å²) in [4.78, 5) is 0. The van der Waals surface area contributed by atoms with Crippen LogP contribution < -0.4 is 17.1 Å². The van der Waals surface area contributed by atoms with Gasteiger partial charge in [0.2, 0.25) is 0 Å². The summed E-state index contributed by atoms with van der Waals surface area (Å²) in [6.45, 7) is 4.64. The van der Waals surface area contributed by atoms with Gasteiger partial charge in [0.1, 0.15) is 12.3 Å². The second-order valence-electron chi connectivity index (χ2n) is 11.4. The predicted octanol–water partition coefficient (Wildman–Crippen LogP) is 7.10. The van der Waals surface area contributed by atoms with E-state index < -0.39 is 0 Å². The highest BCUT2D eigenvalue weighted by atomic mass is 35.5. The van der Waals surface area contributed by atoms with Crippen LogP contribution in [0.4, 0.5) is 0 Å². The van der Waals surface area contributed by atoms with E-state index in [0.29, 0.717) is 0 Å². The zero-order valence-electron chi connectivity index (χ0n) is 24.1. The highest BCUT2D eigenvalue weighted by Gasteiger charge is 2.15. The third kappa shape index (κ3) is 21.1. The molecule has 0 saturated heterocycles. The van der Waals surface area contributed by atoms with Crippen molar-refractivity contribution in [2.45, 2.75) is 142 Å². The lowest BCUT2D eigenvalue weighted by atomic mass is 10.0. The van der Waals surface area contributed by atoms with Gasteiger partial charge in [0.15, 0.2) is 0 Å². The quantitative estimate of drug-likeness (QED) is 0.107. The maximum absolute atomic E-state index is 5.37. The Labute approximate surface area is 226 Å². The number of quaternary nitrogens is 1. The van der Waals surface area contributed by atoms with Crippen molar-refractivity contribution in [2.24, 2.45) is 0 Å². The summed E-state index contributed by atoms with van der Waals surface area (Å²) in [5, 5.41) is 0. The number of nitrogens with zero attached hydrogens (tertiary/aromatic N) is 1. The maximum atomic E-state index is 5.37. The Bertz CT molecular complexity index is 574. The summed E-state index contributed by atoms with van der Waals surface area (Å²) in [6.07, 6.45) is 28.9. The molecular formula is C32H60ClNO. The van der Waals surface area contributed by atoms with Crippen LogP contribution in [0.5, 0.6) is 5.75 Å². The lowest BCUT2D eigenvalue weighted by Crippen LogP contribution is -3.00. The molecule has 3 heteroatoms. The Morgan fingerprint density at radius 2 is 1.00 bits per heavy atom. The van der Waals surface area contributed by atoms with E-state index in [0.717, 1.165) is 16.8 Å². The molecule has 0 aromatic heterocycles. The predicted molar refractivity (Wildman–Crippen MR) is 152 cm³/mol. The molecule has 35 heavy (non-hydrogen) atoms. The van der Waals surface area contributed by atoms with Crippen LogP contribution in [-0.4, -0.2) is 32.2 Å². The molecule has 0 atom stereocenters. The van der Waals surface area contributed by atoms with Gasteiger partial charge in [-0.15, -0.1) is 0 Å². The average molecular weight is 510 g/mol. The zero-order valence-corrected chi connectivity index (χ0v) is 24.9. The van der Waals surface area contributed by atoms with E-state index in [1.165, 1.54) is 141 Å². The Morgan fingerprint density at radius 3 is 1.40 bits per heavy atom. The van der Waals surface area contributed by atoms with E-state index in [1.54, 1.807) is 7.11 Å². The van der Waals surface area contributed by atoms with Crippen LogP contribution in [0.25, 0.3) is 0 Å². The monoisotopic (exact) mass is 509 g/mol. The first-order valence-electron chi connectivity index (χ1n) is 15.0. The second kappa shape index (κ2) is 23.7. The fourth-order valence-electron chi connectivity index (χ4n) is 5.14. The highest BCUT2D eigenvalue weighted by molar-refractivity contribution is 5.27. The van der Waals surface area contributed by atoms with Crippen LogP contribution in [-0.2, 0) is 6.54 Å². The summed E-state index contributed by atoms with van der Waals surface area (Å²) >= 11 is 0. The van der Waals surface area contributed by atoms with Gasteiger partial charge in [-0.25, -0.2) is 0 Å². The molecule has 1 rings (SSSR count). The van der Waals surface area contributed by atoms with Crippen molar-refractivity contribution < 1.29 is 21.6 Å². The van der Waals surface area contributed by atoms with Crippen LogP contribution in [0.2, 0.25) is 0 Å². The Morgan fingerprint density at radius 1 is 0.600 bits per heavy atom. The normalized spacial score (nSPS) is 11.4. The average Bonchev–Trinajstić information content (AvgIpc) is 2.82. The number of halogens is 1. The minimum atomic E-state index is 0. The van der Waals surface area contributed by atoms with Crippen molar-refractivity contribution in [3.8, 4) is 5.75 Å². The third-order valence-electron chi connectivity index (χ3n) is 7.36. The van der Waals surface area contributed by atoms with E-state index in [9.17, 15) is 0 Å². The lowest BCUT2D eigenvalue weighted by Gasteiger charge is -2.30. The fraction of sp³-hybridized carbons (Fsp3) is 0.812. The van der Waals surface area contributed by atoms with Crippen LogP contribution in [0.1, 0.15) is 141 Å². The number of benzene rings is 1. The molecule has 0 bridgehead atoms.